The Morgan fingerprint density at radius 3 is 2.58 bits per heavy atom. The lowest BCUT2D eigenvalue weighted by atomic mass is 10.1. The molecule has 0 aliphatic heterocycles. The molecule has 3 rings (SSSR count). The molecule has 3 N–H and O–H groups in total. The second kappa shape index (κ2) is 6.72. The van der Waals surface area contributed by atoms with E-state index in [9.17, 15) is 15.0 Å². The zero-order valence-electron chi connectivity index (χ0n) is 13.0. The molecule has 6 heteroatoms. The molecule has 1 aromatic heterocycles. The molecule has 0 saturated carbocycles. The number of nitrogens with one attached hydrogen (secondary N) is 1. The van der Waals surface area contributed by atoms with Crippen molar-refractivity contribution in [1.82, 2.24) is 4.98 Å². The number of hydrogen-bond acceptors (Lipinski definition) is 5. The van der Waals surface area contributed by atoms with Gasteiger partial charge in [0, 0.05) is 16.6 Å². The molecule has 0 spiro atoms. The average Bonchev–Trinajstić information content (AvgIpc) is 3.00. The van der Waals surface area contributed by atoms with Gasteiger partial charge in [-0.15, -0.1) is 11.3 Å². The van der Waals surface area contributed by atoms with E-state index in [4.69, 9.17) is 0 Å². The monoisotopic (exact) mass is 340 g/mol. The first kappa shape index (κ1) is 16.0. The maximum Gasteiger partial charge on any atom is 0.231 e. The summed E-state index contributed by atoms with van der Waals surface area (Å²) in [7, 11) is 0. The Labute approximate surface area is 143 Å². The maximum absolute atomic E-state index is 12.1. The molecule has 0 radical (unpaired) electrons. The number of thiazole rings is 1. The van der Waals surface area contributed by atoms with Crippen LogP contribution in [0.2, 0.25) is 0 Å². The molecule has 0 saturated heterocycles. The highest BCUT2D eigenvalue weighted by molar-refractivity contribution is 7.10. The lowest BCUT2D eigenvalue weighted by Gasteiger charge is -2.04. The van der Waals surface area contributed by atoms with Crippen LogP contribution in [-0.4, -0.2) is 21.1 Å². The molecular formula is C18H16N2O3S. The van der Waals surface area contributed by atoms with Crippen LogP contribution >= 0.6 is 11.3 Å². The van der Waals surface area contributed by atoms with Crippen LogP contribution in [-0.2, 0) is 11.2 Å². The number of phenols is 2. The third-order valence-electron chi connectivity index (χ3n) is 3.47. The van der Waals surface area contributed by atoms with Crippen LogP contribution in [0, 0.1) is 6.92 Å². The van der Waals surface area contributed by atoms with E-state index in [0.29, 0.717) is 16.3 Å². The highest BCUT2D eigenvalue weighted by Crippen LogP contribution is 2.31. The molecule has 1 heterocycles. The summed E-state index contributed by atoms with van der Waals surface area (Å²) >= 11 is 1.38. The lowest BCUT2D eigenvalue weighted by Crippen LogP contribution is -2.14. The first-order chi connectivity index (χ1) is 11.5. The smallest absolute Gasteiger partial charge is 0.231 e. The number of carbonyl (C=O) groups excluding carboxylic acids is 1. The zero-order valence-corrected chi connectivity index (χ0v) is 13.8. The van der Waals surface area contributed by atoms with Gasteiger partial charge in [0.1, 0.15) is 5.01 Å². The fourth-order valence-corrected chi connectivity index (χ4v) is 2.99. The number of anilines is 1. The summed E-state index contributed by atoms with van der Waals surface area (Å²) in [5, 5.41) is 24.3. The van der Waals surface area contributed by atoms with Crippen molar-refractivity contribution in [3.63, 3.8) is 0 Å². The SMILES string of the molecule is Cc1ccc(NC(=O)Cc2nc(-c3ccc(O)c(O)c3)cs2)cc1. The first-order valence-corrected chi connectivity index (χ1v) is 8.22. The number of aryl methyl sites for hydroxylation is 1. The van der Waals surface area contributed by atoms with E-state index in [1.807, 2.05) is 36.6 Å². The molecule has 122 valence electrons. The minimum atomic E-state index is -0.195. The molecule has 0 unspecified atom stereocenters. The highest BCUT2D eigenvalue weighted by atomic mass is 32.1. The van der Waals surface area contributed by atoms with E-state index >= 15 is 0 Å². The second-order valence-corrected chi connectivity index (χ2v) is 6.36. The average molecular weight is 340 g/mol. The molecule has 0 aliphatic carbocycles. The van der Waals surface area contributed by atoms with Gasteiger partial charge >= 0.3 is 0 Å². The van der Waals surface area contributed by atoms with Crippen LogP contribution in [0.15, 0.2) is 47.8 Å². The third kappa shape index (κ3) is 3.72. The molecule has 0 atom stereocenters. The van der Waals surface area contributed by atoms with Crippen LogP contribution in [0.4, 0.5) is 5.69 Å². The number of aromatic hydroxyl groups is 2. The van der Waals surface area contributed by atoms with E-state index in [2.05, 4.69) is 10.3 Å². The van der Waals surface area contributed by atoms with Gasteiger partial charge in [-0.1, -0.05) is 17.7 Å². The third-order valence-corrected chi connectivity index (χ3v) is 4.32. The number of phenolic OH excluding ortho intramolecular Hbond substituents is 2. The van der Waals surface area contributed by atoms with Crippen molar-refractivity contribution in [1.29, 1.82) is 0 Å². The quantitative estimate of drug-likeness (QED) is 0.632. The Hall–Kier alpha value is -2.86. The fraction of sp³-hybridized carbons (Fsp3) is 0.111. The Morgan fingerprint density at radius 2 is 1.88 bits per heavy atom. The van der Waals surface area contributed by atoms with E-state index < -0.39 is 0 Å². The molecule has 24 heavy (non-hydrogen) atoms. The number of nitrogens with zero attached hydrogens (tertiary/aromatic N) is 1. The van der Waals surface area contributed by atoms with Crippen molar-refractivity contribution >= 4 is 22.9 Å². The standard InChI is InChI=1S/C18H16N2O3S/c1-11-2-5-13(6-3-11)19-17(23)9-18-20-14(10-24-18)12-4-7-15(21)16(22)8-12/h2-8,10,21-22H,9H2,1H3,(H,19,23). The summed E-state index contributed by atoms with van der Waals surface area (Å²) in [6, 6.07) is 12.1. The zero-order chi connectivity index (χ0) is 17.1. The van der Waals surface area contributed by atoms with Crippen molar-refractivity contribution in [2.75, 3.05) is 5.32 Å². The maximum atomic E-state index is 12.1. The predicted octanol–water partition coefficient (Wildman–Crippen LogP) is 3.71. The van der Waals surface area contributed by atoms with Crippen molar-refractivity contribution < 1.29 is 15.0 Å². The molecule has 3 aromatic rings. The lowest BCUT2D eigenvalue weighted by molar-refractivity contribution is -0.115. The summed E-state index contributed by atoms with van der Waals surface area (Å²) in [4.78, 5) is 16.5. The van der Waals surface area contributed by atoms with Crippen molar-refractivity contribution in [2.45, 2.75) is 13.3 Å². The second-order valence-electron chi connectivity index (χ2n) is 5.42. The van der Waals surface area contributed by atoms with E-state index in [1.165, 1.54) is 23.5 Å². The van der Waals surface area contributed by atoms with Crippen molar-refractivity contribution in [3.8, 4) is 22.8 Å². The van der Waals surface area contributed by atoms with Crippen LogP contribution in [0.25, 0.3) is 11.3 Å². The Bertz CT molecular complexity index is 872. The molecule has 0 bridgehead atoms. The van der Waals surface area contributed by atoms with Crippen molar-refractivity contribution in [3.05, 3.63) is 58.4 Å². The fourth-order valence-electron chi connectivity index (χ4n) is 2.19. The van der Waals surface area contributed by atoms with Gasteiger partial charge in [-0.05, 0) is 37.3 Å². The van der Waals surface area contributed by atoms with Gasteiger partial charge in [-0.3, -0.25) is 4.79 Å². The number of benzene rings is 2. The minimum Gasteiger partial charge on any atom is -0.504 e. The van der Waals surface area contributed by atoms with Gasteiger partial charge in [0.25, 0.3) is 0 Å². The molecular weight excluding hydrogens is 324 g/mol. The summed E-state index contributed by atoms with van der Waals surface area (Å²) in [6.07, 6.45) is 0.183. The Kier molecular flexibility index (Phi) is 4.48. The van der Waals surface area contributed by atoms with Gasteiger partial charge < -0.3 is 15.5 Å². The normalized spacial score (nSPS) is 10.5. The number of amides is 1. The van der Waals surface area contributed by atoms with Crippen molar-refractivity contribution in [2.24, 2.45) is 0 Å². The van der Waals surface area contributed by atoms with Crippen LogP contribution < -0.4 is 5.32 Å². The highest BCUT2D eigenvalue weighted by Gasteiger charge is 2.11. The van der Waals surface area contributed by atoms with Crippen LogP contribution in [0.1, 0.15) is 10.6 Å². The first-order valence-electron chi connectivity index (χ1n) is 7.34. The van der Waals surface area contributed by atoms with E-state index in [-0.39, 0.29) is 23.8 Å². The molecule has 0 fully saturated rings. The summed E-state index contributed by atoms with van der Waals surface area (Å²) < 4.78 is 0. The van der Waals surface area contributed by atoms with E-state index in [1.54, 1.807) is 6.07 Å². The molecule has 1 amide bonds. The Morgan fingerprint density at radius 1 is 1.12 bits per heavy atom. The number of hydrogen-bond donors (Lipinski definition) is 3. The van der Waals surface area contributed by atoms with Gasteiger partial charge in [0.2, 0.25) is 5.91 Å². The Balaban J connectivity index is 1.68. The summed E-state index contributed by atoms with van der Waals surface area (Å²) in [6.45, 7) is 1.99. The number of carbonyl (C=O) groups is 1. The topological polar surface area (TPSA) is 82.5 Å². The van der Waals surface area contributed by atoms with Gasteiger partial charge in [0.15, 0.2) is 11.5 Å². The largest absolute Gasteiger partial charge is 0.504 e. The van der Waals surface area contributed by atoms with Gasteiger partial charge in [-0.25, -0.2) is 4.98 Å². The summed E-state index contributed by atoms with van der Waals surface area (Å²) in [5.41, 5.74) is 3.24. The van der Waals surface area contributed by atoms with E-state index in [0.717, 1.165) is 11.3 Å². The number of aromatic nitrogens is 1. The van der Waals surface area contributed by atoms with Crippen LogP contribution in [0.5, 0.6) is 11.5 Å². The molecule has 5 nitrogen and oxygen atoms in total. The van der Waals surface area contributed by atoms with Gasteiger partial charge in [0.05, 0.1) is 12.1 Å². The molecule has 0 aliphatic rings. The summed E-state index contributed by atoms with van der Waals surface area (Å²) in [5.74, 6) is -0.501. The minimum absolute atomic E-state index is 0.131. The van der Waals surface area contributed by atoms with Gasteiger partial charge in [-0.2, -0.15) is 0 Å². The number of rotatable bonds is 4. The predicted molar refractivity (Wildman–Crippen MR) is 94.4 cm³/mol. The van der Waals surface area contributed by atoms with Crippen LogP contribution in [0.3, 0.4) is 0 Å². The molecule has 2 aromatic carbocycles.